The molecule has 0 aliphatic rings. The van der Waals surface area contributed by atoms with E-state index in [1.165, 1.54) is 167 Å². The molecule has 6 nitrogen and oxygen atoms in total. The van der Waals surface area contributed by atoms with Crippen molar-refractivity contribution in [3.05, 3.63) is 85.1 Å². The summed E-state index contributed by atoms with van der Waals surface area (Å²) < 4.78 is 16.9. The smallest absolute Gasteiger partial charge is 0.306 e. The Morgan fingerprint density at radius 2 is 0.520 bits per heavy atom. The molecule has 6 heteroatoms. The highest BCUT2D eigenvalue weighted by molar-refractivity contribution is 5.71. The Kier molecular flexibility index (Phi) is 60.3. The lowest BCUT2D eigenvalue weighted by Crippen LogP contribution is -2.30. The molecule has 0 rings (SSSR count). The third kappa shape index (κ3) is 61.3. The van der Waals surface area contributed by atoms with E-state index in [0.717, 1.165) is 109 Å². The van der Waals surface area contributed by atoms with Crippen molar-refractivity contribution in [3.63, 3.8) is 0 Å². The fourth-order valence-electron chi connectivity index (χ4n) is 9.09. The van der Waals surface area contributed by atoms with E-state index in [1.807, 2.05) is 0 Å². The zero-order valence-electron chi connectivity index (χ0n) is 49.6. The van der Waals surface area contributed by atoms with Gasteiger partial charge in [-0.3, -0.25) is 14.4 Å². The number of hydrogen-bond donors (Lipinski definition) is 0. The van der Waals surface area contributed by atoms with Gasteiger partial charge in [0.25, 0.3) is 0 Å². The average molecular weight is 1050 g/mol. The summed E-state index contributed by atoms with van der Waals surface area (Å²) in [6.45, 7) is 6.50. The van der Waals surface area contributed by atoms with Gasteiger partial charge < -0.3 is 14.2 Å². The molecule has 0 saturated heterocycles. The first-order chi connectivity index (χ1) is 37.0. The van der Waals surface area contributed by atoms with Gasteiger partial charge in [-0.1, -0.05) is 286 Å². The third-order valence-electron chi connectivity index (χ3n) is 13.9. The van der Waals surface area contributed by atoms with Gasteiger partial charge in [0.05, 0.1) is 0 Å². The molecule has 0 aliphatic heterocycles. The highest BCUT2D eigenvalue weighted by Gasteiger charge is 2.19. The zero-order valence-corrected chi connectivity index (χ0v) is 49.6. The molecule has 432 valence electrons. The summed E-state index contributed by atoms with van der Waals surface area (Å²) in [5, 5.41) is 0. The molecule has 0 spiro atoms. The van der Waals surface area contributed by atoms with Crippen LogP contribution in [0.25, 0.3) is 0 Å². The molecule has 0 saturated carbocycles. The summed E-state index contributed by atoms with van der Waals surface area (Å²) in [5.74, 6) is -0.881. The van der Waals surface area contributed by atoms with Crippen LogP contribution in [-0.4, -0.2) is 37.2 Å². The second kappa shape index (κ2) is 63.1. The van der Waals surface area contributed by atoms with Gasteiger partial charge in [0.15, 0.2) is 6.10 Å². The Morgan fingerprint density at radius 3 is 0.840 bits per heavy atom. The van der Waals surface area contributed by atoms with Crippen molar-refractivity contribution in [3.8, 4) is 0 Å². The Bertz CT molecular complexity index is 1430. The van der Waals surface area contributed by atoms with Crippen LogP contribution in [0, 0.1) is 0 Å². The second-order valence-electron chi connectivity index (χ2n) is 21.3. The van der Waals surface area contributed by atoms with Gasteiger partial charge in [0.1, 0.15) is 13.2 Å². The Labute approximate surface area is 465 Å². The zero-order chi connectivity index (χ0) is 54.3. The topological polar surface area (TPSA) is 78.9 Å². The number of esters is 3. The van der Waals surface area contributed by atoms with Crippen molar-refractivity contribution in [2.45, 2.75) is 322 Å². The summed E-state index contributed by atoms with van der Waals surface area (Å²) in [6, 6.07) is 0. The minimum Gasteiger partial charge on any atom is -0.462 e. The van der Waals surface area contributed by atoms with E-state index < -0.39 is 6.10 Å². The standard InChI is InChI=1S/C69H120O6/c1-4-7-10-13-16-19-21-23-25-27-29-30-31-32-33-34-35-36-37-38-40-41-43-45-47-50-53-56-59-62-68(71)74-65-66(64-73-67(70)61-58-55-52-49-18-15-12-9-6-3)75-69(72)63-60-57-54-51-48-46-44-42-39-28-26-24-22-20-17-14-11-8-5-2/h7,10,16-17,19-20,23-26,29-30,39,42,66H,4-6,8-9,11-15,18,21-22,27-28,31-38,40-41,43-65H2,1-3H3/b10-7-,19-16-,20-17-,25-23-,26-24-,30-29-,42-39-. The number of allylic oxidation sites excluding steroid dienone is 14. The molecule has 0 aromatic carbocycles. The second-order valence-corrected chi connectivity index (χ2v) is 21.3. The number of unbranched alkanes of at least 4 members (excludes halogenated alkanes) is 33. The monoisotopic (exact) mass is 1040 g/mol. The predicted octanol–water partition coefficient (Wildman–Crippen LogP) is 21.9. The SMILES string of the molecule is CC/C=C\C/C=C\C/C=C\C/C=C\CCCCCCCCCCCCCCCCCCC(=O)OCC(COC(=O)CCCCCCCCCCC)OC(=O)CCCCCCCC/C=C\C/C=C\C/C=C\CCCCC. The fraction of sp³-hybridized carbons (Fsp3) is 0.754. The summed E-state index contributed by atoms with van der Waals surface area (Å²) >= 11 is 0. The van der Waals surface area contributed by atoms with Crippen LogP contribution in [0.3, 0.4) is 0 Å². The molecule has 0 bridgehead atoms. The molecule has 0 fully saturated rings. The van der Waals surface area contributed by atoms with E-state index >= 15 is 0 Å². The maximum atomic E-state index is 12.9. The summed E-state index contributed by atoms with van der Waals surface area (Å²) in [7, 11) is 0. The minimum atomic E-state index is -0.781. The lowest BCUT2D eigenvalue weighted by molar-refractivity contribution is -0.167. The Morgan fingerprint density at radius 1 is 0.280 bits per heavy atom. The van der Waals surface area contributed by atoms with E-state index in [4.69, 9.17) is 14.2 Å². The van der Waals surface area contributed by atoms with E-state index in [0.29, 0.717) is 19.3 Å². The van der Waals surface area contributed by atoms with Gasteiger partial charge in [-0.2, -0.15) is 0 Å². The van der Waals surface area contributed by atoms with E-state index in [9.17, 15) is 14.4 Å². The van der Waals surface area contributed by atoms with Crippen LogP contribution in [0.5, 0.6) is 0 Å². The van der Waals surface area contributed by atoms with E-state index in [-0.39, 0.29) is 31.1 Å². The van der Waals surface area contributed by atoms with Crippen molar-refractivity contribution in [2.24, 2.45) is 0 Å². The molecule has 0 heterocycles. The maximum Gasteiger partial charge on any atom is 0.306 e. The number of carbonyl (C=O) groups is 3. The lowest BCUT2D eigenvalue weighted by Gasteiger charge is -2.18. The first-order valence-electron chi connectivity index (χ1n) is 32.1. The van der Waals surface area contributed by atoms with Crippen LogP contribution in [0.2, 0.25) is 0 Å². The normalized spacial score (nSPS) is 12.6. The van der Waals surface area contributed by atoms with Crippen LogP contribution in [0.1, 0.15) is 316 Å². The molecule has 0 N–H and O–H groups in total. The molecule has 0 aromatic heterocycles. The number of rotatable bonds is 58. The molecule has 75 heavy (non-hydrogen) atoms. The van der Waals surface area contributed by atoms with Crippen molar-refractivity contribution < 1.29 is 28.6 Å². The first kappa shape index (κ1) is 71.6. The van der Waals surface area contributed by atoms with Crippen molar-refractivity contribution in [1.29, 1.82) is 0 Å². The van der Waals surface area contributed by atoms with Crippen molar-refractivity contribution >= 4 is 17.9 Å². The van der Waals surface area contributed by atoms with Crippen molar-refractivity contribution in [2.75, 3.05) is 13.2 Å². The maximum absolute atomic E-state index is 12.9. The Hall–Kier alpha value is -3.41. The number of hydrogen-bond acceptors (Lipinski definition) is 6. The fourth-order valence-corrected chi connectivity index (χ4v) is 9.09. The van der Waals surface area contributed by atoms with Gasteiger partial charge in [0, 0.05) is 19.3 Å². The summed E-state index contributed by atoms with van der Waals surface area (Å²) in [4.78, 5) is 38.2. The molecular formula is C69H120O6. The van der Waals surface area contributed by atoms with Crippen LogP contribution in [-0.2, 0) is 28.6 Å². The van der Waals surface area contributed by atoms with Gasteiger partial charge in [-0.25, -0.2) is 0 Å². The minimum absolute atomic E-state index is 0.0782. The van der Waals surface area contributed by atoms with E-state index in [2.05, 4.69) is 106 Å². The molecule has 1 atom stereocenters. The largest absolute Gasteiger partial charge is 0.462 e. The van der Waals surface area contributed by atoms with Gasteiger partial charge in [0.2, 0.25) is 0 Å². The molecule has 0 radical (unpaired) electrons. The first-order valence-corrected chi connectivity index (χ1v) is 32.1. The van der Waals surface area contributed by atoms with Crippen LogP contribution in [0.15, 0.2) is 85.1 Å². The molecule has 0 aromatic rings. The lowest BCUT2D eigenvalue weighted by atomic mass is 10.0. The molecule has 0 amide bonds. The highest BCUT2D eigenvalue weighted by atomic mass is 16.6. The van der Waals surface area contributed by atoms with Gasteiger partial charge in [-0.15, -0.1) is 0 Å². The van der Waals surface area contributed by atoms with Crippen LogP contribution < -0.4 is 0 Å². The van der Waals surface area contributed by atoms with Crippen LogP contribution in [0.4, 0.5) is 0 Å². The number of carbonyl (C=O) groups excluding carboxylic acids is 3. The predicted molar refractivity (Wildman–Crippen MR) is 325 cm³/mol. The summed E-state index contributed by atoms with van der Waals surface area (Å²) in [5.41, 5.74) is 0. The van der Waals surface area contributed by atoms with E-state index in [1.54, 1.807) is 0 Å². The molecule has 1 unspecified atom stereocenters. The molecule has 0 aliphatic carbocycles. The number of ether oxygens (including phenoxy) is 3. The van der Waals surface area contributed by atoms with Gasteiger partial charge in [-0.05, 0) is 96.3 Å². The van der Waals surface area contributed by atoms with Crippen LogP contribution >= 0.6 is 0 Å². The summed E-state index contributed by atoms with van der Waals surface area (Å²) in [6.07, 6.45) is 83.2. The Balaban J connectivity index is 4.16. The van der Waals surface area contributed by atoms with Gasteiger partial charge >= 0.3 is 17.9 Å². The highest BCUT2D eigenvalue weighted by Crippen LogP contribution is 2.17. The van der Waals surface area contributed by atoms with Crippen molar-refractivity contribution in [1.82, 2.24) is 0 Å². The quantitative estimate of drug-likeness (QED) is 0.0261. The molecular weight excluding hydrogens is 925 g/mol. The third-order valence-corrected chi connectivity index (χ3v) is 13.9. The average Bonchev–Trinajstić information content (AvgIpc) is 3.41.